The maximum Gasteiger partial charge on any atom is 0.223 e. The van der Waals surface area contributed by atoms with Crippen molar-refractivity contribution in [2.75, 3.05) is 37.6 Å². The summed E-state index contributed by atoms with van der Waals surface area (Å²) in [6.07, 6.45) is 4.97. The number of rotatable bonds is 7. The summed E-state index contributed by atoms with van der Waals surface area (Å²) in [6.45, 7) is 4.49. The second-order valence-corrected chi connectivity index (χ2v) is 8.96. The summed E-state index contributed by atoms with van der Waals surface area (Å²) in [4.78, 5) is 28.5. The number of aldehydes is 1. The van der Waals surface area contributed by atoms with Crippen LogP contribution in [0.1, 0.15) is 47.6 Å². The second-order valence-electron chi connectivity index (χ2n) is 8.53. The van der Waals surface area contributed by atoms with Crippen LogP contribution in [0.25, 0.3) is 0 Å². The first-order valence-electron chi connectivity index (χ1n) is 11.2. The molecule has 164 valence electrons. The Bertz CT molecular complexity index is 871. The van der Waals surface area contributed by atoms with Gasteiger partial charge in [-0.2, -0.15) is 0 Å². The first-order chi connectivity index (χ1) is 15.1. The van der Waals surface area contributed by atoms with E-state index >= 15 is 0 Å². The Morgan fingerprint density at radius 1 is 1.00 bits per heavy atom. The molecule has 0 aromatic heterocycles. The smallest absolute Gasteiger partial charge is 0.223 e. The summed E-state index contributed by atoms with van der Waals surface area (Å²) >= 11 is 6.07. The number of carbonyl (C=O) groups is 2. The van der Waals surface area contributed by atoms with Crippen molar-refractivity contribution in [3.8, 4) is 0 Å². The van der Waals surface area contributed by atoms with Gasteiger partial charge in [0.2, 0.25) is 5.91 Å². The lowest BCUT2D eigenvalue weighted by molar-refractivity contribution is -0.125. The molecule has 2 aromatic rings. The Morgan fingerprint density at radius 3 is 2.26 bits per heavy atom. The number of hydrogen-bond donors (Lipinski definition) is 1. The molecular formula is C25H30ClN3O2. The minimum atomic E-state index is 0.0509. The lowest BCUT2D eigenvalue weighted by Crippen LogP contribution is -2.43. The van der Waals surface area contributed by atoms with E-state index in [1.54, 1.807) is 0 Å². The van der Waals surface area contributed by atoms with Crippen LogP contribution in [0.15, 0.2) is 48.5 Å². The number of hydrogen-bond acceptors (Lipinski definition) is 4. The first kappa shape index (κ1) is 21.8. The maximum atomic E-state index is 12.9. The minimum absolute atomic E-state index is 0.0509. The summed E-state index contributed by atoms with van der Waals surface area (Å²) in [6, 6.07) is 15.9. The van der Waals surface area contributed by atoms with Crippen molar-refractivity contribution < 1.29 is 9.59 Å². The molecule has 2 fully saturated rings. The molecule has 31 heavy (non-hydrogen) atoms. The van der Waals surface area contributed by atoms with Crippen molar-refractivity contribution in [2.45, 2.75) is 31.7 Å². The van der Waals surface area contributed by atoms with E-state index in [1.807, 2.05) is 36.4 Å². The highest BCUT2D eigenvalue weighted by molar-refractivity contribution is 6.30. The summed E-state index contributed by atoms with van der Waals surface area (Å²) in [5, 5.41) is 3.98. The number of piperidine rings is 1. The summed E-state index contributed by atoms with van der Waals surface area (Å²) in [7, 11) is 0. The fourth-order valence-corrected chi connectivity index (χ4v) is 4.83. The van der Waals surface area contributed by atoms with Gasteiger partial charge in [-0.1, -0.05) is 23.7 Å². The van der Waals surface area contributed by atoms with Crippen LogP contribution in [0.4, 0.5) is 5.69 Å². The van der Waals surface area contributed by atoms with Gasteiger partial charge in [-0.05, 0) is 80.7 Å². The Labute approximate surface area is 189 Å². The normalized spacial score (nSPS) is 18.7. The van der Waals surface area contributed by atoms with Gasteiger partial charge in [0.15, 0.2) is 0 Å². The third kappa shape index (κ3) is 5.46. The Hall–Kier alpha value is -2.37. The van der Waals surface area contributed by atoms with Crippen molar-refractivity contribution in [3.63, 3.8) is 0 Å². The summed E-state index contributed by atoms with van der Waals surface area (Å²) < 4.78 is 0. The molecule has 1 N–H and O–H groups in total. The highest BCUT2D eigenvalue weighted by atomic mass is 35.5. The molecule has 0 spiro atoms. The zero-order valence-electron chi connectivity index (χ0n) is 17.8. The third-order valence-corrected chi connectivity index (χ3v) is 6.82. The van der Waals surface area contributed by atoms with E-state index in [-0.39, 0.29) is 17.9 Å². The third-order valence-electron chi connectivity index (χ3n) is 6.57. The average molecular weight is 440 g/mol. The van der Waals surface area contributed by atoms with Gasteiger partial charge in [0.25, 0.3) is 0 Å². The number of benzene rings is 2. The molecule has 6 heteroatoms. The van der Waals surface area contributed by atoms with E-state index in [2.05, 4.69) is 27.2 Å². The standard InChI is InChI=1S/C25H30ClN3O2/c26-22-7-5-20(6-8-22)24(29-13-1-2-14-29)17-27-25(31)21-11-15-28(16-12-21)23-9-3-19(18-30)4-10-23/h3-10,18,21,24H,1-2,11-17H2,(H,27,31)/t24-/m0/s1. The molecule has 4 rings (SSSR count). The van der Waals surface area contributed by atoms with E-state index in [0.29, 0.717) is 12.1 Å². The molecule has 2 saturated heterocycles. The molecule has 1 amide bonds. The average Bonchev–Trinajstić information content (AvgIpc) is 3.35. The molecule has 0 unspecified atom stereocenters. The largest absolute Gasteiger partial charge is 0.371 e. The number of likely N-dealkylation sites (tertiary alicyclic amines) is 1. The van der Waals surface area contributed by atoms with E-state index in [9.17, 15) is 9.59 Å². The Balaban J connectivity index is 1.32. The van der Waals surface area contributed by atoms with Crippen molar-refractivity contribution in [3.05, 3.63) is 64.7 Å². The van der Waals surface area contributed by atoms with Crippen LogP contribution < -0.4 is 10.2 Å². The van der Waals surface area contributed by atoms with Crippen molar-refractivity contribution >= 4 is 29.5 Å². The highest BCUT2D eigenvalue weighted by Gasteiger charge is 2.28. The molecule has 2 heterocycles. The highest BCUT2D eigenvalue weighted by Crippen LogP contribution is 2.27. The zero-order chi connectivity index (χ0) is 21.6. The van der Waals surface area contributed by atoms with Gasteiger partial charge < -0.3 is 10.2 Å². The van der Waals surface area contributed by atoms with E-state index < -0.39 is 0 Å². The van der Waals surface area contributed by atoms with Crippen LogP contribution in [0.2, 0.25) is 5.02 Å². The molecule has 1 atom stereocenters. The van der Waals surface area contributed by atoms with Gasteiger partial charge in [-0.25, -0.2) is 0 Å². The number of carbonyl (C=O) groups excluding carboxylic acids is 2. The van der Waals surface area contributed by atoms with E-state index in [1.165, 1.54) is 18.4 Å². The van der Waals surface area contributed by atoms with Gasteiger partial charge in [0.05, 0.1) is 6.04 Å². The molecule has 2 aliphatic heterocycles. The molecule has 0 aliphatic carbocycles. The van der Waals surface area contributed by atoms with Crippen LogP contribution in [0, 0.1) is 5.92 Å². The SMILES string of the molecule is O=Cc1ccc(N2CCC(C(=O)NC[C@@H](c3ccc(Cl)cc3)N3CCCC3)CC2)cc1. The topological polar surface area (TPSA) is 52.7 Å². The molecule has 0 radical (unpaired) electrons. The minimum Gasteiger partial charge on any atom is -0.371 e. The fourth-order valence-electron chi connectivity index (χ4n) is 4.70. The maximum absolute atomic E-state index is 12.9. The quantitative estimate of drug-likeness (QED) is 0.652. The van der Waals surface area contributed by atoms with Crippen LogP contribution >= 0.6 is 11.6 Å². The lowest BCUT2D eigenvalue weighted by Gasteiger charge is -2.34. The van der Waals surface area contributed by atoms with Crippen molar-refractivity contribution in [1.29, 1.82) is 0 Å². The number of nitrogens with one attached hydrogen (secondary N) is 1. The predicted molar refractivity (Wildman–Crippen MR) is 125 cm³/mol. The second kappa shape index (κ2) is 10.3. The van der Waals surface area contributed by atoms with Crippen LogP contribution in [-0.4, -0.2) is 49.8 Å². The molecule has 0 bridgehead atoms. The summed E-state index contributed by atoms with van der Waals surface area (Å²) in [5.74, 6) is 0.212. The van der Waals surface area contributed by atoms with Crippen LogP contribution in [-0.2, 0) is 4.79 Å². The molecule has 5 nitrogen and oxygen atoms in total. The number of nitrogens with zero attached hydrogens (tertiary/aromatic N) is 2. The van der Waals surface area contributed by atoms with Gasteiger partial charge in [-0.15, -0.1) is 0 Å². The molecule has 2 aromatic carbocycles. The van der Waals surface area contributed by atoms with E-state index in [4.69, 9.17) is 11.6 Å². The van der Waals surface area contributed by atoms with Gasteiger partial charge in [0, 0.05) is 41.8 Å². The number of halogens is 1. The van der Waals surface area contributed by atoms with Crippen molar-refractivity contribution in [2.24, 2.45) is 5.92 Å². The van der Waals surface area contributed by atoms with Gasteiger partial charge >= 0.3 is 0 Å². The van der Waals surface area contributed by atoms with Crippen LogP contribution in [0.5, 0.6) is 0 Å². The van der Waals surface area contributed by atoms with Gasteiger partial charge in [0.1, 0.15) is 6.29 Å². The zero-order valence-corrected chi connectivity index (χ0v) is 18.6. The Kier molecular flexibility index (Phi) is 7.25. The van der Waals surface area contributed by atoms with Crippen LogP contribution in [0.3, 0.4) is 0 Å². The van der Waals surface area contributed by atoms with Gasteiger partial charge in [-0.3, -0.25) is 14.5 Å². The predicted octanol–water partition coefficient (Wildman–Crippen LogP) is 4.32. The monoisotopic (exact) mass is 439 g/mol. The Morgan fingerprint density at radius 2 is 1.65 bits per heavy atom. The molecular weight excluding hydrogens is 410 g/mol. The number of amides is 1. The number of anilines is 1. The fraction of sp³-hybridized carbons (Fsp3) is 0.440. The summed E-state index contributed by atoms with van der Waals surface area (Å²) in [5.41, 5.74) is 3.01. The van der Waals surface area contributed by atoms with Crippen molar-refractivity contribution in [1.82, 2.24) is 10.2 Å². The van der Waals surface area contributed by atoms with E-state index in [0.717, 1.165) is 56.0 Å². The first-order valence-corrected chi connectivity index (χ1v) is 11.6. The molecule has 0 saturated carbocycles. The lowest BCUT2D eigenvalue weighted by atomic mass is 9.95. The molecule has 2 aliphatic rings.